The maximum absolute atomic E-state index is 9.19. The quantitative estimate of drug-likeness (QED) is 0.284. The molecule has 7 N–H and O–H groups in total. The Hall–Kier alpha value is -2.01. The van der Waals surface area contributed by atoms with Gasteiger partial charge in [0.05, 0.1) is 17.3 Å². The molecule has 19 heavy (non-hydrogen) atoms. The van der Waals surface area contributed by atoms with E-state index in [1.807, 2.05) is 24.3 Å². The van der Waals surface area contributed by atoms with Crippen molar-refractivity contribution in [2.24, 2.45) is 11.7 Å². The van der Waals surface area contributed by atoms with Crippen LogP contribution in [0.5, 0.6) is 0 Å². The summed E-state index contributed by atoms with van der Waals surface area (Å²) in [4.78, 5) is 8.45. The number of rotatable bonds is 2. The van der Waals surface area contributed by atoms with Crippen LogP contribution in [-0.2, 0) is 10.1 Å². The molecule has 0 aliphatic rings. The highest BCUT2D eigenvalue weighted by molar-refractivity contribution is 7.85. The summed E-state index contributed by atoms with van der Waals surface area (Å²) < 4.78 is 25.9. The van der Waals surface area contributed by atoms with Gasteiger partial charge in [0.1, 0.15) is 0 Å². The van der Waals surface area contributed by atoms with Crippen LogP contribution in [0, 0.1) is 0 Å². The Kier molecular flexibility index (Phi) is 4.94. The van der Waals surface area contributed by atoms with Gasteiger partial charge in [0.15, 0.2) is 11.6 Å². The molecule has 0 aliphatic heterocycles. The maximum Gasteiger partial charge on any atom is 0.261 e. The first-order valence-electron chi connectivity index (χ1n) is 4.97. The standard InChI is InChI=1S/C8H10N6.CH4O3S/c9-13-7-8(14-10)12-6-4-2-1-3-5(6)11-7;1-5(2,3)4/h1-4H,9-10H2,(H,11,13)(H,12,14);1H3,(H,2,3,4). The third-order valence-electron chi connectivity index (χ3n) is 1.84. The molecule has 10 heteroatoms. The smallest absolute Gasteiger partial charge is 0.261 e. The Morgan fingerprint density at radius 3 is 1.63 bits per heavy atom. The van der Waals surface area contributed by atoms with Gasteiger partial charge in [-0.15, -0.1) is 0 Å². The molecule has 0 bridgehead atoms. The minimum atomic E-state index is -3.67. The van der Waals surface area contributed by atoms with E-state index in [0.29, 0.717) is 17.9 Å². The van der Waals surface area contributed by atoms with Crippen molar-refractivity contribution in [2.75, 3.05) is 17.1 Å². The Morgan fingerprint density at radius 2 is 1.37 bits per heavy atom. The van der Waals surface area contributed by atoms with Gasteiger partial charge in [0.2, 0.25) is 0 Å². The van der Waals surface area contributed by atoms with Gasteiger partial charge in [-0.3, -0.25) is 4.55 Å². The molecule has 2 aromatic rings. The molecule has 1 heterocycles. The minimum absolute atomic E-state index is 0.422. The third kappa shape index (κ3) is 5.01. The predicted octanol–water partition coefficient (Wildman–Crippen LogP) is -0.295. The van der Waals surface area contributed by atoms with Gasteiger partial charge in [-0.05, 0) is 12.1 Å². The van der Waals surface area contributed by atoms with Crippen molar-refractivity contribution < 1.29 is 13.0 Å². The summed E-state index contributed by atoms with van der Waals surface area (Å²) in [5, 5.41) is 0. The largest absolute Gasteiger partial charge is 0.305 e. The molecule has 0 radical (unpaired) electrons. The van der Waals surface area contributed by atoms with Gasteiger partial charge in [0.25, 0.3) is 10.1 Å². The minimum Gasteiger partial charge on any atom is -0.305 e. The van der Waals surface area contributed by atoms with E-state index in [1.54, 1.807) is 0 Å². The molecule has 0 atom stereocenters. The molecule has 0 saturated carbocycles. The number of anilines is 2. The summed E-state index contributed by atoms with van der Waals surface area (Å²) in [5.74, 6) is 11.4. The first kappa shape index (κ1) is 15.0. The normalized spacial score (nSPS) is 10.5. The second-order valence-electron chi connectivity index (χ2n) is 3.43. The number of fused-ring (bicyclic) bond motifs is 1. The molecule has 0 fully saturated rings. The maximum atomic E-state index is 9.19. The molecule has 2 rings (SSSR count). The summed E-state index contributed by atoms with van der Waals surface area (Å²) >= 11 is 0. The second kappa shape index (κ2) is 6.24. The monoisotopic (exact) mass is 286 g/mol. The first-order valence-corrected chi connectivity index (χ1v) is 6.82. The van der Waals surface area contributed by atoms with Crippen LogP contribution < -0.4 is 22.5 Å². The van der Waals surface area contributed by atoms with Crippen LogP contribution in [0.15, 0.2) is 24.3 Å². The molecular weight excluding hydrogens is 272 g/mol. The molecule has 1 aromatic heterocycles. The van der Waals surface area contributed by atoms with Crippen molar-refractivity contribution >= 4 is 32.8 Å². The average Bonchev–Trinajstić information content (AvgIpc) is 2.35. The van der Waals surface area contributed by atoms with E-state index in [9.17, 15) is 8.42 Å². The second-order valence-corrected chi connectivity index (χ2v) is 4.90. The van der Waals surface area contributed by atoms with Gasteiger partial charge >= 0.3 is 0 Å². The van der Waals surface area contributed by atoms with Crippen LogP contribution in [0.3, 0.4) is 0 Å². The molecule has 0 aliphatic carbocycles. The zero-order chi connectivity index (χ0) is 14.5. The molecule has 9 nitrogen and oxygen atoms in total. The summed E-state index contributed by atoms with van der Waals surface area (Å²) in [6.45, 7) is 0. The number of hydrogen-bond acceptors (Lipinski definition) is 8. The molecular formula is C9H14N6O3S. The molecule has 0 saturated heterocycles. The topological polar surface area (TPSA) is 156 Å². The van der Waals surface area contributed by atoms with E-state index < -0.39 is 10.1 Å². The number of hydrogen-bond donors (Lipinski definition) is 5. The molecule has 0 unspecified atom stereocenters. The van der Waals surface area contributed by atoms with Gasteiger partial charge in [-0.1, -0.05) is 12.1 Å². The number of nitrogens with two attached hydrogens (primary N) is 2. The summed E-state index contributed by atoms with van der Waals surface area (Å²) in [6, 6.07) is 7.46. The highest BCUT2D eigenvalue weighted by Gasteiger charge is 2.04. The highest BCUT2D eigenvalue weighted by atomic mass is 32.2. The number of para-hydroxylation sites is 2. The zero-order valence-electron chi connectivity index (χ0n) is 10.0. The molecule has 0 amide bonds. The molecule has 0 spiro atoms. The van der Waals surface area contributed by atoms with Crippen molar-refractivity contribution in [1.29, 1.82) is 0 Å². The van der Waals surface area contributed by atoms with Gasteiger partial charge < -0.3 is 10.9 Å². The molecule has 1 aromatic carbocycles. The lowest BCUT2D eigenvalue weighted by atomic mass is 10.3. The van der Waals surface area contributed by atoms with E-state index in [0.717, 1.165) is 11.0 Å². The number of nitrogens with zero attached hydrogens (tertiary/aromatic N) is 2. The van der Waals surface area contributed by atoms with Crippen LogP contribution in [0.25, 0.3) is 11.0 Å². The van der Waals surface area contributed by atoms with Crippen LogP contribution in [-0.4, -0.2) is 29.2 Å². The van der Waals surface area contributed by atoms with E-state index in [2.05, 4.69) is 20.8 Å². The summed E-state index contributed by atoms with van der Waals surface area (Å²) in [5.41, 5.74) is 6.37. The van der Waals surface area contributed by atoms with Crippen LogP contribution in [0.1, 0.15) is 0 Å². The Morgan fingerprint density at radius 1 is 1.05 bits per heavy atom. The van der Waals surface area contributed by atoms with E-state index in [4.69, 9.17) is 16.2 Å². The molecule has 104 valence electrons. The van der Waals surface area contributed by atoms with Crippen LogP contribution in [0.2, 0.25) is 0 Å². The number of benzene rings is 1. The fourth-order valence-corrected chi connectivity index (χ4v) is 1.20. The van der Waals surface area contributed by atoms with Gasteiger partial charge in [-0.2, -0.15) is 8.42 Å². The fourth-order valence-electron chi connectivity index (χ4n) is 1.20. The average molecular weight is 286 g/mol. The van der Waals surface area contributed by atoms with E-state index in [1.165, 1.54) is 0 Å². The predicted molar refractivity (Wildman–Crippen MR) is 72.6 cm³/mol. The number of nitrogen functional groups attached to an aromatic ring is 2. The Bertz CT molecular complexity index is 610. The van der Waals surface area contributed by atoms with Crippen molar-refractivity contribution in [3.63, 3.8) is 0 Å². The van der Waals surface area contributed by atoms with Gasteiger partial charge in [-0.25, -0.2) is 21.7 Å². The SMILES string of the molecule is CS(=O)(=O)O.NNc1nc2ccccc2nc1NN. The summed E-state index contributed by atoms with van der Waals surface area (Å²) in [7, 11) is -3.67. The van der Waals surface area contributed by atoms with Crippen LogP contribution in [0.4, 0.5) is 11.6 Å². The van der Waals surface area contributed by atoms with E-state index >= 15 is 0 Å². The lowest BCUT2D eigenvalue weighted by Gasteiger charge is -2.07. The van der Waals surface area contributed by atoms with E-state index in [-0.39, 0.29) is 0 Å². The lowest BCUT2D eigenvalue weighted by Crippen LogP contribution is -2.16. The lowest BCUT2D eigenvalue weighted by molar-refractivity contribution is 0.490. The highest BCUT2D eigenvalue weighted by Crippen LogP contribution is 2.18. The van der Waals surface area contributed by atoms with Crippen molar-refractivity contribution in [2.45, 2.75) is 0 Å². The third-order valence-corrected chi connectivity index (χ3v) is 1.84. The number of nitrogens with one attached hydrogen (secondary N) is 2. The summed E-state index contributed by atoms with van der Waals surface area (Å²) in [6.07, 6.45) is 0.715. The van der Waals surface area contributed by atoms with Crippen molar-refractivity contribution in [3.05, 3.63) is 24.3 Å². The van der Waals surface area contributed by atoms with Crippen molar-refractivity contribution in [3.8, 4) is 0 Å². The Labute approximate surface area is 109 Å². The first-order chi connectivity index (χ1) is 8.85. The fraction of sp³-hybridized carbons (Fsp3) is 0.111. The Balaban J connectivity index is 0.000000312. The number of hydrazine groups is 2. The zero-order valence-corrected chi connectivity index (χ0v) is 10.8. The van der Waals surface area contributed by atoms with Crippen LogP contribution >= 0.6 is 0 Å². The van der Waals surface area contributed by atoms with Crippen molar-refractivity contribution in [1.82, 2.24) is 9.97 Å². The van der Waals surface area contributed by atoms with Gasteiger partial charge in [0, 0.05) is 0 Å². The number of aromatic nitrogens is 2.